The van der Waals surface area contributed by atoms with Gasteiger partial charge in [-0.25, -0.2) is 13.8 Å². The molecular weight excluding hydrogens is 436 g/mol. The summed E-state index contributed by atoms with van der Waals surface area (Å²) in [4.78, 5) is 11.4. The zero-order chi connectivity index (χ0) is 23.7. The number of benzene rings is 2. The van der Waals surface area contributed by atoms with Gasteiger partial charge in [0.15, 0.2) is 0 Å². The van der Waals surface area contributed by atoms with E-state index in [1.54, 1.807) is 12.3 Å². The molecule has 1 fully saturated rings. The Hall–Kier alpha value is -3.91. The third kappa shape index (κ3) is 4.32. The van der Waals surface area contributed by atoms with E-state index in [9.17, 15) is 8.78 Å². The number of fused-ring (bicyclic) bond motifs is 1. The van der Waals surface area contributed by atoms with Gasteiger partial charge in [-0.1, -0.05) is 17.3 Å². The molecule has 3 N–H and O–H groups in total. The Morgan fingerprint density at radius 3 is 2.50 bits per heavy atom. The first-order chi connectivity index (χ1) is 16.5. The number of aromatic nitrogens is 2. The van der Waals surface area contributed by atoms with Crippen LogP contribution in [-0.2, 0) is 0 Å². The second kappa shape index (κ2) is 9.15. The molecule has 0 radical (unpaired) electrons. The van der Waals surface area contributed by atoms with Crippen LogP contribution in [0, 0.1) is 11.6 Å². The highest BCUT2D eigenvalue weighted by Crippen LogP contribution is 2.39. The molecule has 5 rings (SSSR count). The lowest BCUT2D eigenvalue weighted by Gasteiger charge is -2.34. The van der Waals surface area contributed by atoms with E-state index in [4.69, 9.17) is 10.9 Å². The largest absolute Gasteiger partial charge is 0.411 e. The SMILES string of the molecule is NC1CCN(c2c(-c3cc(F)cc(F)c3)cnc3ccc(-c4cccc(C=NO)n4)cc23)CC1. The molecule has 172 valence electrons. The number of pyridine rings is 2. The summed E-state index contributed by atoms with van der Waals surface area (Å²) in [5, 5.41) is 12.8. The molecule has 8 heteroatoms. The van der Waals surface area contributed by atoms with Gasteiger partial charge in [0.05, 0.1) is 28.8 Å². The molecule has 2 aromatic heterocycles. The molecule has 2 aromatic carbocycles. The molecule has 3 heterocycles. The number of nitrogens with zero attached hydrogens (tertiary/aromatic N) is 4. The highest BCUT2D eigenvalue weighted by Gasteiger charge is 2.23. The standard InChI is InChI=1S/C26H23F2N5O/c27-18-10-17(11-19(28)13-18)23-15-30-25-5-4-16(24-3-1-2-21(32-24)14-31-34)12-22(25)26(23)33-8-6-20(29)7-9-33/h1-5,10-15,20,34H,6-9,29H2. The number of anilines is 1. The van der Waals surface area contributed by atoms with Gasteiger partial charge in [0.2, 0.25) is 0 Å². The first-order valence-electron chi connectivity index (χ1n) is 11.1. The predicted octanol–water partition coefficient (Wildman–Crippen LogP) is 4.98. The van der Waals surface area contributed by atoms with Crippen LogP contribution in [0.5, 0.6) is 0 Å². The Morgan fingerprint density at radius 1 is 1.00 bits per heavy atom. The van der Waals surface area contributed by atoms with Crippen LogP contribution in [0.15, 0.2) is 65.9 Å². The van der Waals surface area contributed by atoms with E-state index >= 15 is 0 Å². The fraction of sp³-hybridized carbons (Fsp3) is 0.192. The Kier molecular flexibility index (Phi) is 5.90. The van der Waals surface area contributed by atoms with Gasteiger partial charge in [-0.05, 0) is 54.8 Å². The van der Waals surface area contributed by atoms with Crippen molar-refractivity contribution in [3.05, 3.63) is 78.1 Å². The lowest BCUT2D eigenvalue weighted by Crippen LogP contribution is -2.40. The van der Waals surface area contributed by atoms with Crippen LogP contribution in [0.1, 0.15) is 18.5 Å². The van der Waals surface area contributed by atoms with Crippen molar-refractivity contribution >= 4 is 22.8 Å². The van der Waals surface area contributed by atoms with Gasteiger partial charge >= 0.3 is 0 Å². The summed E-state index contributed by atoms with van der Waals surface area (Å²) in [7, 11) is 0. The van der Waals surface area contributed by atoms with E-state index in [0.717, 1.165) is 54.2 Å². The summed E-state index contributed by atoms with van der Waals surface area (Å²) < 4.78 is 28.2. The van der Waals surface area contributed by atoms with Gasteiger partial charge in [0.1, 0.15) is 11.6 Å². The van der Waals surface area contributed by atoms with Crippen molar-refractivity contribution < 1.29 is 14.0 Å². The summed E-state index contributed by atoms with van der Waals surface area (Å²) in [6.45, 7) is 1.46. The van der Waals surface area contributed by atoms with Gasteiger partial charge in [0.25, 0.3) is 0 Å². The third-order valence-corrected chi connectivity index (χ3v) is 6.13. The van der Waals surface area contributed by atoms with Crippen molar-refractivity contribution in [2.75, 3.05) is 18.0 Å². The molecule has 0 atom stereocenters. The minimum absolute atomic E-state index is 0.134. The Labute approximate surface area is 195 Å². The summed E-state index contributed by atoms with van der Waals surface area (Å²) in [5.41, 5.74) is 10.9. The van der Waals surface area contributed by atoms with Crippen molar-refractivity contribution in [2.45, 2.75) is 18.9 Å². The van der Waals surface area contributed by atoms with Crippen LogP contribution < -0.4 is 10.6 Å². The van der Waals surface area contributed by atoms with E-state index in [2.05, 4.69) is 20.0 Å². The van der Waals surface area contributed by atoms with Gasteiger partial charge in [-0.2, -0.15) is 0 Å². The van der Waals surface area contributed by atoms with Crippen molar-refractivity contribution in [2.24, 2.45) is 10.9 Å². The van der Waals surface area contributed by atoms with E-state index in [1.807, 2.05) is 30.3 Å². The van der Waals surface area contributed by atoms with Crippen molar-refractivity contribution in [3.63, 3.8) is 0 Å². The topological polar surface area (TPSA) is 87.6 Å². The molecule has 4 aromatic rings. The lowest BCUT2D eigenvalue weighted by atomic mass is 9.97. The third-order valence-electron chi connectivity index (χ3n) is 6.13. The quantitative estimate of drug-likeness (QED) is 0.255. The zero-order valence-corrected chi connectivity index (χ0v) is 18.3. The van der Waals surface area contributed by atoms with E-state index in [1.165, 1.54) is 18.3 Å². The Morgan fingerprint density at radius 2 is 1.76 bits per heavy atom. The van der Waals surface area contributed by atoms with Crippen molar-refractivity contribution in [1.82, 2.24) is 9.97 Å². The van der Waals surface area contributed by atoms with E-state index in [0.29, 0.717) is 22.5 Å². The summed E-state index contributed by atoms with van der Waals surface area (Å²) >= 11 is 0. The molecular formula is C26H23F2N5O. The molecule has 1 saturated heterocycles. The molecule has 0 spiro atoms. The number of oxime groups is 1. The monoisotopic (exact) mass is 459 g/mol. The second-order valence-electron chi connectivity index (χ2n) is 8.43. The second-order valence-corrected chi connectivity index (χ2v) is 8.43. The number of hydrogen-bond acceptors (Lipinski definition) is 6. The maximum absolute atomic E-state index is 14.1. The van der Waals surface area contributed by atoms with Crippen LogP contribution in [0.2, 0.25) is 0 Å². The fourth-order valence-corrected chi connectivity index (χ4v) is 4.47. The molecule has 0 saturated carbocycles. The number of nitrogens with two attached hydrogens (primary N) is 1. The van der Waals surface area contributed by atoms with Crippen LogP contribution >= 0.6 is 0 Å². The predicted molar refractivity (Wildman–Crippen MR) is 129 cm³/mol. The minimum Gasteiger partial charge on any atom is -0.411 e. The molecule has 0 amide bonds. The molecule has 0 aliphatic carbocycles. The van der Waals surface area contributed by atoms with Crippen LogP contribution in [0.4, 0.5) is 14.5 Å². The summed E-state index contributed by atoms with van der Waals surface area (Å²) in [6, 6.07) is 14.9. The lowest BCUT2D eigenvalue weighted by molar-refractivity contribution is 0.321. The summed E-state index contributed by atoms with van der Waals surface area (Å²) in [6.07, 6.45) is 4.59. The van der Waals surface area contributed by atoms with Crippen LogP contribution in [0.3, 0.4) is 0 Å². The maximum Gasteiger partial charge on any atom is 0.126 e. The number of rotatable bonds is 4. The van der Waals surface area contributed by atoms with Crippen molar-refractivity contribution in [3.8, 4) is 22.4 Å². The van der Waals surface area contributed by atoms with Gasteiger partial charge < -0.3 is 15.8 Å². The molecule has 1 aliphatic heterocycles. The molecule has 1 aliphatic rings. The van der Waals surface area contributed by atoms with Crippen LogP contribution in [0.25, 0.3) is 33.3 Å². The zero-order valence-electron chi connectivity index (χ0n) is 18.3. The Bertz CT molecular complexity index is 1360. The van der Waals surface area contributed by atoms with Gasteiger partial charge in [0, 0.05) is 47.9 Å². The minimum atomic E-state index is -0.637. The first kappa shape index (κ1) is 21.9. The fourth-order valence-electron chi connectivity index (χ4n) is 4.47. The molecule has 0 unspecified atom stereocenters. The first-order valence-corrected chi connectivity index (χ1v) is 11.1. The normalized spacial score (nSPS) is 14.9. The highest BCUT2D eigenvalue weighted by atomic mass is 19.1. The van der Waals surface area contributed by atoms with E-state index in [-0.39, 0.29) is 6.04 Å². The van der Waals surface area contributed by atoms with Gasteiger partial charge in [-0.3, -0.25) is 4.98 Å². The average Bonchev–Trinajstić information content (AvgIpc) is 2.83. The number of piperidine rings is 1. The number of halogens is 2. The molecule has 6 nitrogen and oxygen atoms in total. The van der Waals surface area contributed by atoms with Crippen LogP contribution in [-0.4, -0.2) is 40.5 Å². The van der Waals surface area contributed by atoms with E-state index < -0.39 is 11.6 Å². The number of hydrogen-bond donors (Lipinski definition) is 2. The Balaban J connectivity index is 1.72. The summed E-state index contributed by atoms with van der Waals surface area (Å²) in [5.74, 6) is -1.27. The van der Waals surface area contributed by atoms with Gasteiger partial charge in [-0.15, -0.1) is 0 Å². The molecule has 0 bridgehead atoms. The average molecular weight is 460 g/mol. The molecule has 34 heavy (non-hydrogen) atoms. The maximum atomic E-state index is 14.1. The van der Waals surface area contributed by atoms with Crippen molar-refractivity contribution in [1.29, 1.82) is 0 Å². The highest BCUT2D eigenvalue weighted by molar-refractivity contribution is 6.01. The smallest absolute Gasteiger partial charge is 0.126 e.